The molecule has 2 N–H and O–H groups in total. The Morgan fingerprint density at radius 2 is 1.68 bits per heavy atom. The van der Waals surface area contributed by atoms with E-state index in [1.54, 1.807) is 42.8 Å². The van der Waals surface area contributed by atoms with Gasteiger partial charge in [-0.05, 0) is 38.1 Å². The highest BCUT2D eigenvalue weighted by Gasteiger charge is 2.19. The van der Waals surface area contributed by atoms with E-state index in [1.807, 2.05) is 13.0 Å². The molecular weight excluding hydrogens is 418 g/mol. The Labute approximate surface area is 181 Å². The van der Waals surface area contributed by atoms with Gasteiger partial charge in [0.05, 0.1) is 13.2 Å². The van der Waals surface area contributed by atoms with E-state index in [4.69, 9.17) is 4.74 Å². The van der Waals surface area contributed by atoms with Crippen LogP contribution in [0.2, 0.25) is 0 Å². The first kappa shape index (κ1) is 21.1. The van der Waals surface area contributed by atoms with Crippen molar-refractivity contribution >= 4 is 33.2 Å². The molecule has 0 aliphatic carbocycles. The maximum atomic E-state index is 12.5. The van der Waals surface area contributed by atoms with E-state index >= 15 is 0 Å². The van der Waals surface area contributed by atoms with Crippen LogP contribution in [0.3, 0.4) is 0 Å². The Morgan fingerprint density at radius 3 is 2.32 bits per heavy atom. The maximum absolute atomic E-state index is 12.5. The van der Waals surface area contributed by atoms with Crippen molar-refractivity contribution in [2.45, 2.75) is 18.9 Å². The fourth-order valence-electron chi connectivity index (χ4n) is 3.18. The summed E-state index contributed by atoms with van der Waals surface area (Å²) in [5.41, 5.74) is 2.04. The first-order valence-electron chi connectivity index (χ1n) is 9.88. The summed E-state index contributed by atoms with van der Waals surface area (Å²) >= 11 is 0. The molecule has 4 rings (SSSR count). The predicted molar refractivity (Wildman–Crippen MR) is 118 cm³/mol. The molecule has 1 fully saturated rings. The number of aryl methyl sites for hydroxylation is 3. The van der Waals surface area contributed by atoms with Gasteiger partial charge in [-0.1, -0.05) is 0 Å². The summed E-state index contributed by atoms with van der Waals surface area (Å²) in [4.78, 5) is 15.3. The van der Waals surface area contributed by atoms with Crippen LogP contribution in [0.5, 0.6) is 0 Å². The number of nitrogens with zero attached hydrogens (tertiary/aromatic N) is 5. The Balaban J connectivity index is 1.47. The number of imidazole rings is 1. The molecule has 1 saturated heterocycles. The molecule has 1 aromatic carbocycles. The Hall–Kier alpha value is -3.18. The normalized spacial score (nSPS) is 14.5. The van der Waals surface area contributed by atoms with Crippen LogP contribution in [-0.4, -0.2) is 54.2 Å². The van der Waals surface area contributed by atoms with Crippen LogP contribution in [0.4, 0.5) is 23.1 Å². The lowest BCUT2D eigenvalue weighted by molar-refractivity contribution is 0.122. The number of sulfonamides is 1. The summed E-state index contributed by atoms with van der Waals surface area (Å²) < 4.78 is 34.7. The second kappa shape index (κ2) is 8.52. The van der Waals surface area contributed by atoms with E-state index < -0.39 is 10.0 Å². The van der Waals surface area contributed by atoms with Crippen molar-refractivity contribution < 1.29 is 13.2 Å². The molecular formula is C20H25N7O3S. The minimum Gasteiger partial charge on any atom is -0.378 e. The largest absolute Gasteiger partial charge is 0.378 e. The molecule has 1 aliphatic rings. The van der Waals surface area contributed by atoms with Crippen LogP contribution in [-0.2, 0) is 21.8 Å². The smallest absolute Gasteiger partial charge is 0.280 e. The van der Waals surface area contributed by atoms with Crippen LogP contribution >= 0.6 is 0 Å². The van der Waals surface area contributed by atoms with E-state index in [1.165, 1.54) is 6.20 Å². The summed E-state index contributed by atoms with van der Waals surface area (Å²) in [6, 6.07) is 8.83. The highest BCUT2D eigenvalue weighted by molar-refractivity contribution is 7.92. The number of morpholine rings is 1. The van der Waals surface area contributed by atoms with Gasteiger partial charge < -0.3 is 19.5 Å². The minimum atomic E-state index is -3.75. The van der Waals surface area contributed by atoms with Crippen molar-refractivity contribution in [1.82, 2.24) is 19.5 Å². The van der Waals surface area contributed by atoms with Gasteiger partial charge in [0.1, 0.15) is 11.6 Å². The predicted octanol–water partition coefficient (Wildman–Crippen LogP) is 2.21. The fraction of sp³-hybridized carbons (Fsp3) is 0.350. The van der Waals surface area contributed by atoms with Gasteiger partial charge in [-0.25, -0.2) is 9.97 Å². The minimum absolute atomic E-state index is 0.0153. The summed E-state index contributed by atoms with van der Waals surface area (Å²) in [6.45, 7) is 6.62. The van der Waals surface area contributed by atoms with Gasteiger partial charge in [0.2, 0.25) is 5.95 Å². The molecule has 31 heavy (non-hydrogen) atoms. The van der Waals surface area contributed by atoms with Crippen LogP contribution in [0, 0.1) is 13.8 Å². The highest BCUT2D eigenvalue weighted by atomic mass is 32.2. The van der Waals surface area contributed by atoms with Gasteiger partial charge in [-0.15, -0.1) is 0 Å². The van der Waals surface area contributed by atoms with Gasteiger partial charge in [0.25, 0.3) is 10.0 Å². The lowest BCUT2D eigenvalue weighted by Crippen LogP contribution is -2.36. The van der Waals surface area contributed by atoms with E-state index in [0.29, 0.717) is 30.7 Å². The molecule has 11 heteroatoms. The van der Waals surface area contributed by atoms with Crippen molar-refractivity contribution in [3.8, 4) is 0 Å². The van der Waals surface area contributed by atoms with Crippen LogP contribution < -0.4 is 14.9 Å². The fourth-order valence-corrected chi connectivity index (χ4v) is 4.28. The van der Waals surface area contributed by atoms with Crippen molar-refractivity contribution in [3.63, 3.8) is 0 Å². The number of nitrogens with one attached hydrogen (secondary N) is 2. The topological polar surface area (TPSA) is 114 Å². The van der Waals surface area contributed by atoms with E-state index in [-0.39, 0.29) is 5.03 Å². The second-order valence-electron chi connectivity index (χ2n) is 7.34. The number of benzene rings is 1. The molecule has 0 saturated carbocycles. The number of rotatable bonds is 6. The number of ether oxygens (including phenoxy) is 1. The number of anilines is 4. The zero-order chi connectivity index (χ0) is 22.0. The quantitative estimate of drug-likeness (QED) is 0.596. The Kier molecular flexibility index (Phi) is 5.79. The van der Waals surface area contributed by atoms with Crippen molar-refractivity contribution in [2.24, 2.45) is 7.05 Å². The molecule has 3 aromatic rings. The number of aromatic nitrogens is 4. The Morgan fingerprint density at radius 1 is 1.00 bits per heavy atom. The second-order valence-corrected chi connectivity index (χ2v) is 8.96. The van der Waals surface area contributed by atoms with Crippen LogP contribution in [0.1, 0.15) is 11.5 Å². The molecule has 0 bridgehead atoms. The monoisotopic (exact) mass is 443 g/mol. The molecule has 0 unspecified atom stereocenters. The molecule has 0 radical (unpaired) electrons. The van der Waals surface area contributed by atoms with E-state index in [2.05, 4.69) is 29.9 Å². The van der Waals surface area contributed by atoms with Gasteiger partial charge >= 0.3 is 0 Å². The zero-order valence-electron chi connectivity index (χ0n) is 17.7. The average molecular weight is 444 g/mol. The third-order valence-corrected chi connectivity index (χ3v) is 6.18. The molecule has 3 heterocycles. The van der Waals surface area contributed by atoms with Gasteiger partial charge in [-0.3, -0.25) is 4.72 Å². The first-order valence-corrected chi connectivity index (χ1v) is 11.4. The molecule has 0 spiro atoms. The molecule has 0 atom stereocenters. The van der Waals surface area contributed by atoms with Crippen molar-refractivity contribution in [2.75, 3.05) is 41.2 Å². The summed E-state index contributed by atoms with van der Waals surface area (Å²) in [5.74, 6) is 1.96. The summed E-state index contributed by atoms with van der Waals surface area (Å²) in [6.07, 6.45) is 1.48. The summed E-state index contributed by atoms with van der Waals surface area (Å²) in [5, 5.41) is 3.17. The maximum Gasteiger partial charge on any atom is 0.280 e. The first-order chi connectivity index (χ1) is 14.8. The third kappa shape index (κ3) is 4.94. The SMILES string of the molecule is Cc1cc(N2CCOCC2)nc(Nc2ccc(NS(=O)(=O)c3cn(C)c(C)n3)cc2)n1. The molecule has 164 valence electrons. The Bertz CT molecular complexity index is 1150. The number of hydrogen-bond acceptors (Lipinski definition) is 8. The molecule has 2 aromatic heterocycles. The molecule has 10 nitrogen and oxygen atoms in total. The van der Waals surface area contributed by atoms with E-state index in [9.17, 15) is 8.42 Å². The van der Waals surface area contributed by atoms with Crippen molar-refractivity contribution in [1.29, 1.82) is 0 Å². The highest BCUT2D eigenvalue weighted by Crippen LogP contribution is 2.22. The van der Waals surface area contributed by atoms with Crippen molar-refractivity contribution in [3.05, 3.63) is 48.0 Å². The average Bonchev–Trinajstić information content (AvgIpc) is 3.09. The standard InChI is InChI=1S/C20H25N7O3S/c1-14-12-18(27-8-10-30-11-9-27)24-20(21-14)23-16-4-6-17(7-5-16)25-31(28,29)19-13-26(3)15(2)22-19/h4-7,12-13,25H,8-11H2,1-3H3,(H,21,23,24). The summed E-state index contributed by atoms with van der Waals surface area (Å²) in [7, 11) is -2.00. The lowest BCUT2D eigenvalue weighted by atomic mass is 10.3. The third-order valence-electron chi connectivity index (χ3n) is 4.93. The lowest BCUT2D eigenvalue weighted by Gasteiger charge is -2.28. The van der Waals surface area contributed by atoms with Gasteiger partial charge in [0, 0.05) is 49.5 Å². The zero-order valence-corrected chi connectivity index (χ0v) is 18.5. The molecule has 1 aliphatic heterocycles. The molecule has 0 amide bonds. The van der Waals surface area contributed by atoms with Gasteiger partial charge in [0.15, 0.2) is 5.03 Å². The van der Waals surface area contributed by atoms with Crippen LogP contribution in [0.25, 0.3) is 0 Å². The number of hydrogen-bond donors (Lipinski definition) is 2. The van der Waals surface area contributed by atoms with Crippen LogP contribution in [0.15, 0.2) is 41.6 Å². The van der Waals surface area contributed by atoms with Gasteiger partial charge in [-0.2, -0.15) is 13.4 Å². The van der Waals surface area contributed by atoms with E-state index in [0.717, 1.165) is 30.3 Å².